The Hall–Kier alpha value is -3.87. The van der Waals surface area contributed by atoms with E-state index in [2.05, 4.69) is 15.2 Å². The van der Waals surface area contributed by atoms with Crippen molar-refractivity contribution in [3.8, 4) is 11.3 Å². The quantitative estimate of drug-likeness (QED) is 0.285. The van der Waals surface area contributed by atoms with Crippen molar-refractivity contribution < 1.29 is 4.79 Å². The third kappa shape index (κ3) is 4.99. The van der Waals surface area contributed by atoms with Gasteiger partial charge in [0.1, 0.15) is 0 Å². The molecule has 8 heteroatoms. The summed E-state index contributed by atoms with van der Waals surface area (Å²) >= 11 is 12.2. The summed E-state index contributed by atoms with van der Waals surface area (Å²) in [5.74, 6) is 0.474. The van der Waals surface area contributed by atoms with E-state index in [0.29, 0.717) is 27.8 Å². The summed E-state index contributed by atoms with van der Waals surface area (Å²) in [7, 11) is 1.98. The van der Waals surface area contributed by atoms with Crippen LogP contribution >= 0.6 is 23.2 Å². The Balaban J connectivity index is 1.46. The zero-order valence-electron chi connectivity index (χ0n) is 18.8. The molecule has 0 fully saturated rings. The number of aromatic nitrogens is 3. The topological polar surface area (TPSA) is 62.5 Å². The lowest BCUT2D eigenvalue weighted by Crippen LogP contribution is -2.19. The maximum Gasteiger partial charge on any atom is 0.257 e. The van der Waals surface area contributed by atoms with Crippen molar-refractivity contribution in [1.82, 2.24) is 14.4 Å². The third-order valence-corrected chi connectivity index (χ3v) is 6.17. The number of carbonyl (C=O) groups is 1. The van der Waals surface area contributed by atoms with Crippen molar-refractivity contribution in [2.75, 3.05) is 17.3 Å². The largest absolute Gasteiger partial charge is 0.352 e. The number of halogens is 2. The second kappa shape index (κ2) is 9.78. The van der Waals surface area contributed by atoms with Crippen LogP contribution in [0.4, 0.5) is 11.5 Å². The van der Waals surface area contributed by atoms with Gasteiger partial charge in [0.25, 0.3) is 5.91 Å². The zero-order chi connectivity index (χ0) is 24.4. The monoisotopic (exact) mass is 501 g/mol. The third-order valence-electron chi connectivity index (χ3n) is 5.59. The van der Waals surface area contributed by atoms with E-state index in [1.165, 1.54) is 0 Å². The standard InChI is InChI=1S/C27H21Cl2N5O/c1-33(16-18-9-11-20(28)12-10-18)26-25-30-13-14-34(25)17-24(32-26)19-5-4-6-21(15-19)31-27(35)22-7-2-3-8-23(22)29/h2-15,17H,16H2,1H3,(H,31,35). The molecule has 0 radical (unpaired) electrons. The zero-order valence-corrected chi connectivity index (χ0v) is 20.3. The van der Waals surface area contributed by atoms with E-state index >= 15 is 0 Å². The molecule has 6 nitrogen and oxygen atoms in total. The summed E-state index contributed by atoms with van der Waals surface area (Å²) in [6.45, 7) is 0.643. The van der Waals surface area contributed by atoms with Crippen LogP contribution in [0.25, 0.3) is 16.9 Å². The fourth-order valence-corrected chi connectivity index (χ4v) is 4.20. The minimum Gasteiger partial charge on any atom is -0.352 e. The summed E-state index contributed by atoms with van der Waals surface area (Å²) in [4.78, 5) is 24.2. The first-order chi connectivity index (χ1) is 17.0. The molecule has 1 amide bonds. The Bertz CT molecular complexity index is 1510. The van der Waals surface area contributed by atoms with Crippen LogP contribution < -0.4 is 10.2 Å². The fraction of sp³-hybridized carbons (Fsp3) is 0.0741. The van der Waals surface area contributed by atoms with E-state index in [1.807, 2.05) is 72.4 Å². The molecule has 174 valence electrons. The Morgan fingerprint density at radius 2 is 1.83 bits per heavy atom. The van der Waals surface area contributed by atoms with Crippen molar-refractivity contribution in [3.63, 3.8) is 0 Å². The Labute approximate surface area is 212 Å². The highest BCUT2D eigenvalue weighted by Gasteiger charge is 2.15. The molecular formula is C27H21Cl2N5O. The van der Waals surface area contributed by atoms with Gasteiger partial charge < -0.3 is 14.6 Å². The summed E-state index contributed by atoms with van der Waals surface area (Å²) in [5, 5.41) is 4.03. The number of benzene rings is 3. The number of amides is 1. The predicted molar refractivity (Wildman–Crippen MR) is 141 cm³/mol. The molecule has 0 saturated carbocycles. The summed E-state index contributed by atoms with van der Waals surface area (Å²) < 4.78 is 1.95. The van der Waals surface area contributed by atoms with Gasteiger partial charge in [0.2, 0.25) is 0 Å². The van der Waals surface area contributed by atoms with Gasteiger partial charge in [-0.2, -0.15) is 0 Å². The maximum absolute atomic E-state index is 12.7. The van der Waals surface area contributed by atoms with Gasteiger partial charge in [-0.15, -0.1) is 0 Å². The first-order valence-electron chi connectivity index (χ1n) is 10.9. The van der Waals surface area contributed by atoms with E-state index in [1.54, 1.807) is 30.5 Å². The number of hydrogen-bond acceptors (Lipinski definition) is 4. The van der Waals surface area contributed by atoms with Crippen LogP contribution in [0.1, 0.15) is 15.9 Å². The first kappa shape index (κ1) is 22.9. The molecule has 5 rings (SSSR count). The van der Waals surface area contributed by atoms with Crippen LogP contribution in [0.15, 0.2) is 91.4 Å². The second-order valence-electron chi connectivity index (χ2n) is 8.11. The predicted octanol–water partition coefficient (Wildman–Crippen LogP) is 6.59. The number of hydrogen-bond donors (Lipinski definition) is 1. The van der Waals surface area contributed by atoms with Gasteiger partial charge in [-0.25, -0.2) is 9.97 Å². The van der Waals surface area contributed by atoms with Gasteiger partial charge >= 0.3 is 0 Å². The van der Waals surface area contributed by atoms with Gasteiger partial charge in [-0.3, -0.25) is 4.79 Å². The van der Waals surface area contributed by atoms with E-state index in [4.69, 9.17) is 28.2 Å². The van der Waals surface area contributed by atoms with Crippen molar-refractivity contribution in [2.45, 2.75) is 6.54 Å². The Morgan fingerprint density at radius 3 is 2.63 bits per heavy atom. The smallest absolute Gasteiger partial charge is 0.257 e. The van der Waals surface area contributed by atoms with E-state index in [-0.39, 0.29) is 5.91 Å². The number of nitrogens with zero attached hydrogens (tertiary/aromatic N) is 4. The SMILES string of the molecule is CN(Cc1ccc(Cl)cc1)c1nc(-c2cccc(NC(=O)c3ccccc3Cl)c2)cn2ccnc12. The van der Waals surface area contributed by atoms with Gasteiger partial charge in [0.05, 0.1) is 16.3 Å². The molecule has 0 bridgehead atoms. The fourth-order valence-electron chi connectivity index (χ4n) is 3.85. The van der Waals surface area contributed by atoms with Crippen LogP contribution in [-0.4, -0.2) is 27.3 Å². The number of anilines is 2. The molecule has 0 aliphatic heterocycles. The van der Waals surface area contributed by atoms with Gasteiger partial charge in [0.15, 0.2) is 11.5 Å². The first-order valence-corrected chi connectivity index (χ1v) is 11.7. The molecule has 0 aliphatic carbocycles. The van der Waals surface area contributed by atoms with Crippen molar-refractivity contribution in [1.29, 1.82) is 0 Å². The number of fused-ring (bicyclic) bond motifs is 1. The average Bonchev–Trinajstić information content (AvgIpc) is 3.34. The van der Waals surface area contributed by atoms with Gasteiger partial charge in [0, 0.05) is 48.5 Å². The average molecular weight is 502 g/mol. The molecule has 0 spiro atoms. The van der Waals surface area contributed by atoms with E-state index < -0.39 is 0 Å². The number of nitrogens with one attached hydrogen (secondary N) is 1. The van der Waals surface area contributed by atoms with Crippen LogP contribution in [0, 0.1) is 0 Å². The van der Waals surface area contributed by atoms with Crippen molar-refractivity contribution >= 4 is 46.3 Å². The number of rotatable bonds is 6. The lowest BCUT2D eigenvalue weighted by molar-refractivity contribution is 0.102. The molecule has 3 aromatic carbocycles. The molecule has 0 unspecified atom stereocenters. The highest BCUT2D eigenvalue weighted by atomic mass is 35.5. The summed E-state index contributed by atoms with van der Waals surface area (Å²) in [6, 6.07) is 22.3. The maximum atomic E-state index is 12.7. The van der Waals surface area contributed by atoms with Crippen LogP contribution in [0.2, 0.25) is 10.0 Å². The molecule has 35 heavy (non-hydrogen) atoms. The molecule has 0 aliphatic rings. The normalized spacial score (nSPS) is 10.9. The Kier molecular flexibility index (Phi) is 6.40. The molecule has 2 aromatic heterocycles. The summed E-state index contributed by atoms with van der Waals surface area (Å²) in [6.07, 6.45) is 5.57. The van der Waals surface area contributed by atoms with E-state index in [0.717, 1.165) is 28.3 Å². The van der Waals surface area contributed by atoms with Gasteiger partial charge in [-0.05, 0) is 42.0 Å². The van der Waals surface area contributed by atoms with E-state index in [9.17, 15) is 4.79 Å². The number of carbonyl (C=O) groups excluding carboxylic acids is 1. The minimum atomic E-state index is -0.269. The molecular weight excluding hydrogens is 481 g/mol. The number of imidazole rings is 1. The van der Waals surface area contributed by atoms with Crippen molar-refractivity contribution in [2.24, 2.45) is 0 Å². The molecule has 1 N–H and O–H groups in total. The van der Waals surface area contributed by atoms with Crippen LogP contribution in [-0.2, 0) is 6.54 Å². The second-order valence-corrected chi connectivity index (χ2v) is 8.95. The highest BCUT2D eigenvalue weighted by molar-refractivity contribution is 6.34. The minimum absolute atomic E-state index is 0.269. The van der Waals surface area contributed by atoms with Gasteiger partial charge in [-0.1, -0.05) is 59.6 Å². The molecule has 2 heterocycles. The van der Waals surface area contributed by atoms with Crippen molar-refractivity contribution in [3.05, 3.63) is 113 Å². The lowest BCUT2D eigenvalue weighted by Gasteiger charge is -2.20. The highest BCUT2D eigenvalue weighted by Crippen LogP contribution is 2.27. The molecule has 5 aromatic rings. The lowest BCUT2D eigenvalue weighted by atomic mass is 10.1. The Morgan fingerprint density at radius 1 is 1.03 bits per heavy atom. The van der Waals surface area contributed by atoms with Crippen LogP contribution in [0.5, 0.6) is 0 Å². The summed E-state index contributed by atoms with van der Waals surface area (Å²) in [5.41, 5.74) is 4.55. The molecule has 0 atom stereocenters. The van der Waals surface area contributed by atoms with Crippen LogP contribution in [0.3, 0.4) is 0 Å². The molecule has 0 saturated heterocycles.